The summed E-state index contributed by atoms with van der Waals surface area (Å²) >= 11 is 0. The van der Waals surface area contributed by atoms with E-state index in [0.29, 0.717) is 11.4 Å². The molecule has 10 heteroatoms. The van der Waals surface area contributed by atoms with Gasteiger partial charge in [0.1, 0.15) is 0 Å². The van der Waals surface area contributed by atoms with Crippen molar-refractivity contribution in [3.05, 3.63) is 84.4 Å². The maximum atomic E-state index is 12.6. The molecule has 0 aliphatic heterocycles. The molecule has 162 valence electrons. The summed E-state index contributed by atoms with van der Waals surface area (Å²) in [6, 6.07) is 19.7. The minimum atomic E-state index is -3.87. The Morgan fingerprint density at radius 3 is 2.06 bits per heavy atom. The first-order chi connectivity index (χ1) is 14.7. The average molecular weight is 460 g/mol. The van der Waals surface area contributed by atoms with Crippen LogP contribution in [0.1, 0.15) is 17.3 Å². The minimum absolute atomic E-state index is 0.0592. The van der Waals surface area contributed by atoms with E-state index in [9.17, 15) is 21.6 Å². The Morgan fingerprint density at radius 1 is 0.742 bits per heavy atom. The third-order valence-corrected chi connectivity index (χ3v) is 7.13. The third-order valence-electron chi connectivity index (χ3n) is 4.19. The number of carbonyl (C=O) groups is 1. The van der Waals surface area contributed by atoms with Crippen LogP contribution in [0.3, 0.4) is 0 Å². The average Bonchev–Trinajstić information content (AvgIpc) is 2.74. The highest BCUT2D eigenvalue weighted by Crippen LogP contribution is 2.19. The molecule has 1 amide bonds. The summed E-state index contributed by atoms with van der Waals surface area (Å²) in [5.41, 5.74) is 0.918. The summed E-state index contributed by atoms with van der Waals surface area (Å²) in [6.45, 7) is 1.94. The van der Waals surface area contributed by atoms with Gasteiger partial charge in [0.05, 0.1) is 9.79 Å². The maximum Gasteiger partial charge on any atom is 0.261 e. The van der Waals surface area contributed by atoms with Gasteiger partial charge < -0.3 is 5.32 Å². The van der Waals surface area contributed by atoms with Gasteiger partial charge in [-0.15, -0.1) is 0 Å². The number of sulfonamides is 2. The molecule has 0 spiro atoms. The third kappa shape index (κ3) is 5.69. The normalized spacial score (nSPS) is 11.6. The Labute approximate surface area is 181 Å². The Bertz CT molecular complexity index is 1270. The Kier molecular flexibility index (Phi) is 6.74. The van der Waals surface area contributed by atoms with Gasteiger partial charge in [0.15, 0.2) is 0 Å². The van der Waals surface area contributed by atoms with E-state index in [-0.39, 0.29) is 21.9 Å². The molecule has 0 bridgehead atoms. The molecule has 3 rings (SSSR count). The number of benzene rings is 3. The van der Waals surface area contributed by atoms with Crippen LogP contribution in [0.15, 0.2) is 88.7 Å². The lowest BCUT2D eigenvalue weighted by Gasteiger charge is -2.10. The van der Waals surface area contributed by atoms with E-state index >= 15 is 0 Å². The van der Waals surface area contributed by atoms with Crippen molar-refractivity contribution in [1.29, 1.82) is 0 Å². The number of hydrogen-bond donors (Lipinski definition) is 3. The van der Waals surface area contributed by atoms with E-state index in [2.05, 4.69) is 14.8 Å². The number of nitrogens with one attached hydrogen (secondary N) is 3. The van der Waals surface area contributed by atoms with Crippen molar-refractivity contribution in [2.75, 3.05) is 16.6 Å². The molecule has 3 N–H and O–H groups in total. The van der Waals surface area contributed by atoms with Gasteiger partial charge >= 0.3 is 0 Å². The Balaban J connectivity index is 1.76. The molecule has 0 atom stereocenters. The fraction of sp³-hybridized carbons (Fsp3) is 0.0952. The Hall–Kier alpha value is -3.21. The van der Waals surface area contributed by atoms with Gasteiger partial charge in [-0.1, -0.05) is 31.2 Å². The quantitative estimate of drug-likeness (QED) is 0.478. The monoisotopic (exact) mass is 459 g/mol. The number of anilines is 2. The van der Waals surface area contributed by atoms with E-state index in [1.54, 1.807) is 37.3 Å². The first-order valence-electron chi connectivity index (χ1n) is 9.30. The fourth-order valence-corrected chi connectivity index (χ4v) is 4.86. The highest BCUT2D eigenvalue weighted by atomic mass is 32.2. The summed E-state index contributed by atoms with van der Waals surface area (Å²) in [4.78, 5) is 12.6. The minimum Gasteiger partial charge on any atom is -0.322 e. The number of rotatable bonds is 8. The molecule has 0 saturated heterocycles. The van der Waals surface area contributed by atoms with Crippen molar-refractivity contribution in [3.8, 4) is 0 Å². The summed E-state index contributed by atoms with van der Waals surface area (Å²) in [5, 5.41) is 2.63. The van der Waals surface area contributed by atoms with Crippen LogP contribution in [0, 0.1) is 0 Å². The highest BCUT2D eigenvalue weighted by molar-refractivity contribution is 7.92. The first kappa shape index (κ1) is 22.5. The van der Waals surface area contributed by atoms with Crippen LogP contribution < -0.4 is 14.8 Å². The van der Waals surface area contributed by atoms with E-state index in [1.165, 1.54) is 48.5 Å². The Morgan fingerprint density at radius 2 is 1.42 bits per heavy atom. The molecular weight excluding hydrogens is 438 g/mol. The highest BCUT2D eigenvalue weighted by Gasteiger charge is 2.17. The van der Waals surface area contributed by atoms with Crippen molar-refractivity contribution >= 4 is 37.3 Å². The van der Waals surface area contributed by atoms with Crippen molar-refractivity contribution in [2.45, 2.75) is 16.7 Å². The van der Waals surface area contributed by atoms with Crippen molar-refractivity contribution < 1.29 is 21.6 Å². The molecular formula is C21H21N3O5S2. The summed E-state index contributed by atoms with van der Waals surface area (Å²) in [5.74, 6) is -0.529. The molecule has 31 heavy (non-hydrogen) atoms. The molecule has 0 fully saturated rings. The van der Waals surface area contributed by atoms with Crippen molar-refractivity contribution in [3.63, 3.8) is 0 Å². The van der Waals surface area contributed by atoms with Gasteiger partial charge in [-0.05, 0) is 54.6 Å². The number of para-hydroxylation sites is 1. The van der Waals surface area contributed by atoms with Crippen molar-refractivity contribution in [2.24, 2.45) is 0 Å². The fourth-order valence-electron chi connectivity index (χ4n) is 2.72. The van der Waals surface area contributed by atoms with E-state index in [0.717, 1.165) is 0 Å². The summed E-state index contributed by atoms with van der Waals surface area (Å²) in [7, 11) is -7.47. The van der Waals surface area contributed by atoms with Crippen LogP contribution in [-0.2, 0) is 20.0 Å². The molecule has 3 aromatic carbocycles. The van der Waals surface area contributed by atoms with Crippen molar-refractivity contribution in [1.82, 2.24) is 4.72 Å². The molecule has 0 aromatic heterocycles. The maximum absolute atomic E-state index is 12.6. The van der Waals surface area contributed by atoms with Crippen LogP contribution >= 0.6 is 0 Å². The van der Waals surface area contributed by atoms with Gasteiger partial charge in [0, 0.05) is 23.5 Å². The zero-order valence-electron chi connectivity index (χ0n) is 16.6. The van der Waals surface area contributed by atoms with Gasteiger partial charge in [0.25, 0.3) is 15.9 Å². The molecule has 0 aliphatic carbocycles. The van der Waals surface area contributed by atoms with Crippen LogP contribution in [0.25, 0.3) is 0 Å². The second-order valence-electron chi connectivity index (χ2n) is 6.48. The molecule has 3 aromatic rings. The zero-order chi connectivity index (χ0) is 22.5. The van der Waals surface area contributed by atoms with Gasteiger partial charge in [-0.2, -0.15) is 0 Å². The zero-order valence-corrected chi connectivity index (χ0v) is 18.2. The lowest BCUT2D eigenvalue weighted by Crippen LogP contribution is -2.23. The second-order valence-corrected chi connectivity index (χ2v) is 9.93. The lowest BCUT2D eigenvalue weighted by atomic mass is 10.2. The van der Waals surface area contributed by atoms with E-state index in [4.69, 9.17) is 0 Å². The summed E-state index contributed by atoms with van der Waals surface area (Å²) in [6.07, 6.45) is 0. The van der Waals surface area contributed by atoms with Gasteiger partial charge in [0.2, 0.25) is 10.0 Å². The molecule has 8 nitrogen and oxygen atoms in total. The topological polar surface area (TPSA) is 121 Å². The first-order valence-corrected chi connectivity index (χ1v) is 12.3. The number of carbonyl (C=O) groups excluding carboxylic acids is 1. The predicted molar refractivity (Wildman–Crippen MR) is 119 cm³/mol. The molecule has 0 radical (unpaired) electrons. The number of hydrogen-bond acceptors (Lipinski definition) is 5. The summed E-state index contributed by atoms with van der Waals surface area (Å²) < 4.78 is 54.0. The van der Waals surface area contributed by atoms with E-state index < -0.39 is 26.0 Å². The smallest absolute Gasteiger partial charge is 0.261 e. The molecule has 0 aliphatic rings. The second kappa shape index (κ2) is 9.29. The van der Waals surface area contributed by atoms with Crippen LogP contribution in [0.2, 0.25) is 0 Å². The van der Waals surface area contributed by atoms with Gasteiger partial charge in [-0.3, -0.25) is 9.52 Å². The SMILES string of the molecule is CCNS(=O)(=O)c1ccc(NC(=O)c2cccc(S(=O)(=O)Nc3ccccc3)c2)cc1. The lowest BCUT2D eigenvalue weighted by molar-refractivity contribution is 0.102. The largest absolute Gasteiger partial charge is 0.322 e. The van der Waals surface area contributed by atoms with Gasteiger partial charge in [-0.25, -0.2) is 21.6 Å². The molecule has 0 unspecified atom stereocenters. The van der Waals surface area contributed by atoms with E-state index in [1.807, 2.05) is 0 Å². The van der Waals surface area contributed by atoms with Crippen LogP contribution in [-0.4, -0.2) is 29.3 Å². The predicted octanol–water partition coefficient (Wildman–Crippen LogP) is 3.04. The van der Waals surface area contributed by atoms with Crippen LogP contribution in [0.5, 0.6) is 0 Å². The van der Waals surface area contributed by atoms with Crippen LogP contribution in [0.4, 0.5) is 11.4 Å². The standard InChI is InChI=1S/C21H21N3O5S2/c1-2-22-30(26,27)19-13-11-17(12-14-19)23-21(25)16-7-6-10-20(15-16)31(28,29)24-18-8-4-3-5-9-18/h3-15,22,24H,2H2,1H3,(H,23,25). The number of amides is 1. The molecule has 0 saturated carbocycles. The molecule has 0 heterocycles.